The molecule has 4 aliphatic carbocycles. The van der Waals surface area contributed by atoms with Crippen molar-refractivity contribution < 1.29 is 20.1 Å². The number of carbonyl (C=O) groups is 1. The van der Waals surface area contributed by atoms with Crippen LogP contribution in [-0.4, -0.2) is 38.9 Å². The first kappa shape index (κ1) is 23.7. The van der Waals surface area contributed by atoms with Gasteiger partial charge < -0.3 is 15.3 Å². The van der Waals surface area contributed by atoms with Crippen molar-refractivity contribution >= 4 is 5.78 Å². The third-order valence-electron chi connectivity index (χ3n) is 10.8. The molecule has 0 saturated heterocycles. The normalized spacial score (nSPS) is 48.6. The highest BCUT2D eigenvalue weighted by molar-refractivity contribution is 5.83. The van der Waals surface area contributed by atoms with Gasteiger partial charge in [-0.1, -0.05) is 33.6 Å². The number of hydrogen-bond acceptors (Lipinski definition) is 4. The summed E-state index contributed by atoms with van der Waals surface area (Å²) in [6.45, 7) is 10.7. The number of hydrogen-bond donors (Lipinski definition) is 3. The number of carbonyl (C=O) groups excluding carboxylic acids is 1. The number of rotatable bonds is 5. The van der Waals surface area contributed by atoms with E-state index in [0.29, 0.717) is 30.0 Å². The molecule has 0 heterocycles. The molecule has 0 unspecified atom stereocenters. The number of aliphatic hydroxyl groups is 3. The Morgan fingerprint density at radius 1 is 1.10 bits per heavy atom. The van der Waals surface area contributed by atoms with Gasteiger partial charge in [0.15, 0.2) is 0 Å². The molecule has 10 atom stereocenters. The molecular formula is C27H46O4. The summed E-state index contributed by atoms with van der Waals surface area (Å²) in [6, 6.07) is 0. The van der Waals surface area contributed by atoms with Crippen molar-refractivity contribution in [2.24, 2.45) is 46.3 Å². The van der Waals surface area contributed by atoms with Gasteiger partial charge in [-0.15, -0.1) is 0 Å². The van der Waals surface area contributed by atoms with Crippen LogP contribution < -0.4 is 0 Å². The summed E-state index contributed by atoms with van der Waals surface area (Å²) in [5.41, 5.74) is -0.716. The topological polar surface area (TPSA) is 77.8 Å². The van der Waals surface area contributed by atoms with Crippen molar-refractivity contribution in [1.29, 1.82) is 0 Å². The molecule has 4 aliphatic rings. The van der Waals surface area contributed by atoms with Gasteiger partial charge in [0.05, 0.1) is 17.8 Å². The van der Waals surface area contributed by atoms with Crippen LogP contribution in [0, 0.1) is 46.3 Å². The summed E-state index contributed by atoms with van der Waals surface area (Å²) in [6.07, 6.45) is 8.40. The second-order valence-corrected chi connectivity index (χ2v) is 13.0. The van der Waals surface area contributed by atoms with Crippen molar-refractivity contribution in [1.82, 2.24) is 0 Å². The Labute approximate surface area is 189 Å². The lowest BCUT2D eigenvalue weighted by Crippen LogP contribution is -2.61. The van der Waals surface area contributed by atoms with Crippen LogP contribution in [-0.2, 0) is 4.79 Å². The SMILES string of the molecule is C[C@H](CCCC(C)(C)O)[C@H]1CC[C@H]2[C@@H]3C(=O)C[C@@H]4C[C@H](O)CC[C@]4(C)[C@H]3C[C@H](O)[C@]12C. The number of ketones is 1. The van der Waals surface area contributed by atoms with Crippen LogP contribution >= 0.6 is 0 Å². The molecule has 3 N–H and O–H groups in total. The van der Waals surface area contributed by atoms with Crippen molar-refractivity contribution in [3.8, 4) is 0 Å². The summed E-state index contributed by atoms with van der Waals surface area (Å²) in [5.74, 6) is 2.29. The average molecular weight is 435 g/mol. The average Bonchev–Trinajstić information content (AvgIpc) is 3.01. The standard InChI is InChI=1S/C27H46O4/c1-16(7-6-11-25(2,3)31)19-8-9-20-24-21(15-23(30)27(19,20)5)26(4)12-10-18(28)13-17(26)14-22(24)29/h16-21,23-24,28,30-31H,6-15H2,1-5H3/t16-,17+,18-,19-,20+,21+,23+,24+,26+,27-/m1/s1. The minimum Gasteiger partial charge on any atom is -0.393 e. The Kier molecular flexibility index (Phi) is 6.19. The minimum absolute atomic E-state index is 0.0799. The van der Waals surface area contributed by atoms with E-state index in [-0.39, 0.29) is 40.8 Å². The number of Topliss-reactive ketones (excluding diaryl/α,β-unsaturated/α-hetero) is 1. The molecule has 178 valence electrons. The minimum atomic E-state index is -0.618. The highest BCUT2D eigenvalue weighted by Crippen LogP contribution is 2.67. The predicted molar refractivity (Wildman–Crippen MR) is 122 cm³/mol. The van der Waals surface area contributed by atoms with Crippen LogP contribution in [0.2, 0.25) is 0 Å². The van der Waals surface area contributed by atoms with Crippen LogP contribution in [0.4, 0.5) is 0 Å². The molecule has 4 fully saturated rings. The highest BCUT2D eigenvalue weighted by atomic mass is 16.3. The number of fused-ring (bicyclic) bond motifs is 5. The quantitative estimate of drug-likeness (QED) is 0.584. The van der Waals surface area contributed by atoms with E-state index >= 15 is 0 Å². The van der Waals surface area contributed by atoms with Crippen LogP contribution in [0.25, 0.3) is 0 Å². The molecule has 0 bridgehead atoms. The fourth-order valence-electron chi connectivity index (χ4n) is 8.90. The summed E-state index contributed by atoms with van der Waals surface area (Å²) < 4.78 is 0. The maximum absolute atomic E-state index is 13.5. The lowest BCUT2D eigenvalue weighted by Gasteiger charge is -2.61. The van der Waals surface area contributed by atoms with Crippen LogP contribution in [0.5, 0.6) is 0 Å². The third kappa shape index (κ3) is 3.93. The second kappa shape index (κ2) is 8.09. The van der Waals surface area contributed by atoms with Crippen molar-refractivity contribution in [2.75, 3.05) is 0 Å². The van der Waals surface area contributed by atoms with Gasteiger partial charge in [0.1, 0.15) is 5.78 Å². The maximum Gasteiger partial charge on any atom is 0.136 e. The van der Waals surface area contributed by atoms with Gasteiger partial charge in [-0.3, -0.25) is 4.79 Å². The molecule has 0 aromatic rings. The Balaban J connectivity index is 1.54. The van der Waals surface area contributed by atoms with Gasteiger partial charge in [-0.05, 0) is 93.8 Å². The van der Waals surface area contributed by atoms with Gasteiger partial charge in [-0.2, -0.15) is 0 Å². The smallest absolute Gasteiger partial charge is 0.136 e. The molecule has 4 nitrogen and oxygen atoms in total. The Morgan fingerprint density at radius 3 is 2.48 bits per heavy atom. The molecule has 4 heteroatoms. The Morgan fingerprint density at radius 2 is 1.81 bits per heavy atom. The lowest BCUT2D eigenvalue weighted by atomic mass is 9.43. The molecule has 0 radical (unpaired) electrons. The van der Waals surface area contributed by atoms with E-state index in [4.69, 9.17) is 0 Å². The zero-order valence-electron chi connectivity index (χ0n) is 20.4. The molecule has 4 rings (SSSR count). The molecule has 0 aromatic carbocycles. The van der Waals surface area contributed by atoms with Gasteiger partial charge in [-0.25, -0.2) is 0 Å². The summed E-state index contributed by atoms with van der Waals surface area (Å²) in [7, 11) is 0. The first-order valence-electron chi connectivity index (χ1n) is 13.0. The van der Waals surface area contributed by atoms with E-state index in [0.717, 1.165) is 57.8 Å². The van der Waals surface area contributed by atoms with Crippen LogP contribution in [0.3, 0.4) is 0 Å². The predicted octanol–water partition coefficient (Wildman–Crippen LogP) is 4.73. The third-order valence-corrected chi connectivity index (χ3v) is 10.8. The van der Waals surface area contributed by atoms with Gasteiger partial charge >= 0.3 is 0 Å². The highest BCUT2D eigenvalue weighted by Gasteiger charge is 2.65. The van der Waals surface area contributed by atoms with Gasteiger partial charge in [0.2, 0.25) is 0 Å². The zero-order valence-corrected chi connectivity index (χ0v) is 20.4. The fourth-order valence-corrected chi connectivity index (χ4v) is 8.90. The summed E-state index contributed by atoms with van der Waals surface area (Å²) in [4.78, 5) is 13.5. The summed E-state index contributed by atoms with van der Waals surface area (Å²) >= 11 is 0. The molecule has 31 heavy (non-hydrogen) atoms. The van der Waals surface area contributed by atoms with Crippen molar-refractivity contribution in [2.45, 2.75) is 117 Å². The largest absolute Gasteiger partial charge is 0.393 e. The molecule has 0 amide bonds. The first-order chi connectivity index (χ1) is 14.4. The second-order valence-electron chi connectivity index (χ2n) is 13.0. The van der Waals surface area contributed by atoms with E-state index in [2.05, 4.69) is 20.8 Å². The first-order valence-corrected chi connectivity index (χ1v) is 13.0. The molecule has 0 aliphatic heterocycles. The summed E-state index contributed by atoms with van der Waals surface area (Å²) in [5, 5.41) is 31.9. The van der Waals surface area contributed by atoms with E-state index in [1.807, 2.05) is 13.8 Å². The Hall–Kier alpha value is -0.450. The molecule has 0 aromatic heterocycles. The molecular weight excluding hydrogens is 388 g/mol. The van der Waals surface area contributed by atoms with E-state index in [9.17, 15) is 20.1 Å². The van der Waals surface area contributed by atoms with Crippen molar-refractivity contribution in [3.63, 3.8) is 0 Å². The lowest BCUT2D eigenvalue weighted by molar-refractivity contribution is -0.182. The van der Waals surface area contributed by atoms with Gasteiger partial charge in [0, 0.05) is 17.8 Å². The van der Waals surface area contributed by atoms with E-state index in [1.165, 1.54) is 0 Å². The zero-order chi connectivity index (χ0) is 22.8. The maximum atomic E-state index is 13.5. The van der Waals surface area contributed by atoms with E-state index < -0.39 is 5.60 Å². The fraction of sp³-hybridized carbons (Fsp3) is 0.963. The van der Waals surface area contributed by atoms with Crippen LogP contribution in [0.1, 0.15) is 98.8 Å². The Bertz CT molecular complexity index is 683. The number of aliphatic hydroxyl groups excluding tert-OH is 2. The van der Waals surface area contributed by atoms with Crippen molar-refractivity contribution in [3.05, 3.63) is 0 Å². The van der Waals surface area contributed by atoms with E-state index in [1.54, 1.807) is 0 Å². The van der Waals surface area contributed by atoms with Crippen LogP contribution in [0.15, 0.2) is 0 Å². The monoisotopic (exact) mass is 434 g/mol. The molecule has 4 saturated carbocycles. The molecule has 0 spiro atoms. The van der Waals surface area contributed by atoms with Gasteiger partial charge in [0.25, 0.3) is 0 Å².